The molecule has 10 heteroatoms. The zero-order valence-corrected chi connectivity index (χ0v) is 20.5. The summed E-state index contributed by atoms with van der Waals surface area (Å²) in [7, 11) is 5.41. The standard InChI is InChI=1S/C25H27ClFN7O/c1-29-24-19-12-33(2)11-18(15-4-7-17(27)8-5-15)23(19)31-25(28,32-24)16-6-9-20(21(10-16)35-3)34-13-22(26)30-14-34/h4-10,13-14,18,31H,11-12,28H2,1-3H3,(H,29,32). The number of nitrogens with two attached hydrogens (primary N) is 1. The van der Waals surface area contributed by atoms with E-state index >= 15 is 0 Å². The predicted molar refractivity (Wildman–Crippen MR) is 134 cm³/mol. The number of nitrogens with one attached hydrogen (secondary N) is 2. The molecule has 0 amide bonds. The van der Waals surface area contributed by atoms with Crippen LogP contribution in [0.15, 0.2) is 71.3 Å². The smallest absolute Gasteiger partial charge is 0.190 e. The number of nitrogens with zero attached hydrogens (tertiary/aromatic N) is 4. The molecule has 2 aliphatic rings. The molecule has 0 radical (unpaired) electrons. The maximum absolute atomic E-state index is 13.6. The van der Waals surface area contributed by atoms with Gasteiger partial charge in [-0.15, -0.1) is 0 Å². The lowest BCUT2D eigenvalue weighted by molar-refractivity contribution is 0.271. The zero-order valence-electron chi connectivity index (χ0n) is 19.7. The van der Waals surface area contributed by atoms with Crippen LogP contribution in [0.2, 0.25) is 5.15 Å². The van der Waals surface area contributed by atoms with E-state index in [9.17, 15) is 4.39 Å². The van der Waals surface area contributed by atoms with Crippen LogP contribution in [0, 0.1) is 5.82 Å². The van der Waals surface area contributed by atoms with Gasteiger partial charge < -0.3 is 24.8 Å². The maximum Gasteiger partial charge on any atom is 0.190 e. The second-order valence-corrected chi connectivity index (χ2v) is 9.20. The summed E-state index contributed by atoms with van der Waals surface area (Å²) in [5, 5.41) is 7.34. The molecule has 2 atom stereocenters. The quantitative estimate of drug-likeness (QED) is 0.515. The van der Waals surface area contributed by atoms with Crippen LogP contribution in [0.3, 0.4) is 0 Å². The van der Waals surface area contributed by atoms with Gasteiger partial charge in [0, 0.05) is 49.1 Å². The number of rotatable bonds is 4. The Hall–Kier alpha value is -3.40. The molecule has 8 nitrogen and oxygen atoms in total. The van der Waals surface area contributed by atoms with Crippen LogP contribution in [0.5, 0.6) is 5.75 Å². The Labute approximate surface area is 208 Å². The van der Waals surface area contributed by atoms with Crippen LogP contribution >= 0.6 is 11.6 Å². The molecule has 35 heavy (non-hydrogen) atoms. The van der Waals surface area contributed by atoms with E-state index in [4.69, 9.17) is 22.1 Å². The lowest BCUT2D eigenvalue weighted by atomic mass is 9.86. The van der Waals surface area contributed by atoms with Crippen molar-refractivity contribution in [1.29, 1.82) is 0 Å². The summed E-state index contributed by atoms with van der Waals surface area (Å²) in [5.74, 6) is -0.121. The molecule has 0 saturated heterocycles. The number of hydrogen-bond acceptors (Lipinski definition) is 6. The second-order valence-electron chi connectivity index (χ2n) is 8.81. The Morgan fingerprint density at radius 3 is 2.66 bits per heavy atom. The highest BCUT2D eigenvalue weighted by molar-refractivity contribution is 6.29. The van der Waals surface area contributed by atoms with Crippen LogP contribution in [-0.4, -0.2) is 54.6 Å². The van der Waals surface area contributed by atoms with Gasteiger partial charge in [-0.1, -0.05) is 29.8 Å². The van der Waals surface area contributed by atoms with E-state index in [1.165, 1.54) is 12.1 Å². The minimum absolute atomic E-state index is 0.0274. The van der Waals surface area contributed by atoms with Gasteiger partial charge in [0.05, 0.1) is 12.8 Å². The van der Waals surface area contributed by atoms with Crippen molar-refractivity contribution < 1.29 is 9.13 Å². The number of aromatic nitrogens is 2. The normalized spacial score (nSPS) is 23.6. The Balaban J connectivity index is 1.57. The molecule has 0 fully saturated rings. The third-order valence-corrected chi connectivity index (χ3v) is 6.68. The fraction of sp³-hybridized carbons (Fsp3) is 0.280. The Morgan fingerprint density at radius 1 is 1.23 bits per heavy atom. The fourth-order valence-corrected chi connectivity index (χ4v) is 4.92. The summed E-state index contributed by atoms with van der Waals surface area (Å²) < 4.78 is 21.1. The second kappa shape index (κ2) is 8.99. The number of amidine groups is 1. The highest BCUT2D eigenvalue weighted by Crippen LogP contribution is 2.36. The minimum Gasteiger partial charge on any atom is -0.495 e. The molecule has 3 heterocycles. The molecule has 2 aliphatic heterocycles. The van der Waals surface area contributed by atoms with Gasteiger partial charge in [-0.2, -0.15) is 0 Å². The van der Waals surface area contributed by atoms with Gasteiger partial charge in [0.25, 0.3) is 0 Å². The molecule has 0 saturated carbocycles. The van der Waals surface area contributed by atoms with Gasteiger partial charge in [0.2, 0.25) is 0 Å². The first-order valence-corrected chi connectivity index (χ1v) is 11.6. The van der Waals surface area contributed by atoms with Crippen molar-refractivity contribution >= 4 is 17.4 Å². The van der Waals surface area contributed by atoms with E-state index < -0.39 is 5.79 Å². The summed E-state index contributed by atoms with van der Waals surface area (Å²) in [5.41, 5.74) is 11.5. The summed E-state index contributed by atoms with van der Waals surface area (Å²) in [4.78, 5) is 10.8. The first kappa shape index (κ1) is 23.3. The number of halogens is 2. The summed E-state index contributed by atoms with van der Waals surface area (Å²) >= 11 is 6.01. The van der Waals surface area contributed by atoms with Crippen LogP contribution in [-0.2, 0) is 5.79 Å². The lowest BCUT2D eigenvalue weighted by Gasteiger charge is -2.46. The van der Waals surface area contributed by atoms with Crippen molar-refractivity contribution in [1.82, 2.24) is 25.1 Å². The van der Waals surface area contributed by atoms with E-state index in [-0.39, 0.29) is 11.7 Å². The number of methoxy groups -OCH3 is 1. The van der Waals surface area contributed by atoms with Crippen LogP contribution in [0.25, 0.3) is 5.69 Å². The third kappa shape index (κ3) is 4.27. The van der Waals surface area contributed by atoms with Crippen molar-refractivity contribution in [3.05, 3.63) is 88.4 Å². The Morgan fingerprint density at radius 2 is 2.00 bits per heavy atom. The molecule has 2 aromatic carbocycles. The largest absolute Gasteiger partial charge is 0.495 e. The van der Waals surface area contributed by atoms with E-state index in [2.05, 4.69) is 32.6 Å². The van der Waals surface area contributed by atoms with Gasteiger partial charge >= 0.3 is 0 Å². The summed E-state index contributed by atoms with van der Waals surface area (Å²) in [6.45, 7) is 1.47. The fourth-order valence-electron chi connectivity index (χ4n) is 4.77. The number of aliphatic imine (C=N–C) groups is 1. The molecule has 0 bridgehead atoms. The molecule has 0 spiro atoms. The van der Waals surface area contributed by atoms with Crippen LogP contribution < -0.4 is 21.1 Å². The monoisotopic (exact) mass is 495 g/mol. The van der Waals surface area contributed by atoms with Crippen molar-refractivity contribution in [3.8, 4) is 11.4 Å². The van der Waals surface area contributed by atoms with Crippen molar-refractivity contribution in [3.63, 3.8) is 0 Å². The van der Waals surface area contributed by atoms with Gasteiger partial charge in [-0.05, 0) is 36.9 Å². The third-order valence-electron chi connectivity index (χ3n) is 6.49. The van der Waals surface area contributed by atoms with E-state index in [1.54, 1.807) is 31.2 Å². The first-order valence-electron chi connectivity index (χ1n) is 11.2. The topological polar surface area (TPSA) is 92.7 Å². The highest BCUT2D eigenvalue weighted by Gasteiger charge is 2.41. The van der Waals surface area contributed by atoms with E-state index in [0.717, 1.165) is 34.6 Å². The number of hydrogen-bond donors (Lipinski definition) is 3. The van der Waals surface area contributed by atoms with Gasteiger partial charge in [-0.3, -0.25) is 10.7 Å². The Bertz CT molecular complexity index is 1320. The van der Waals surface area contributed by atoms with E-state index in [1.807, 2.05) is 30.3 Å². The number of benzene rings is 2. The number of ether oxygens (including phenoxy) is 1. The van der Waals surface area contributed by atoms with Gasteiger partial charge in [-0.25, -0.2) is 9.37 Å². The zero-order chi connectivity index (χ0) is 24.7. The molecule has 0 aliphatic carbocycles. The molecule has 2 unspecified atom stereocenters. The molecule has 1 aromatic heterocycles. The first-order chi connectivity index (χ1) is 16.8. The van der Waals surface area contributed by atoms with Crippen LogP contribution in [0.1, 0.15) is 17.0 Å². The molecule has 4 N–H and O–H groups in total. The SMILES string of the molecule is CN=C1NC(N)(c2ccc(-n3cnc(Cl)c3)c(OC)c2)NC2=C1CN(C)CC2c1ccc(F)cc1. The summed E-state index contributed by atoms with van der Waals surface area (Å²) in [6, 6.07) is 12.3. The highest BCUT2D eigenvalue weighted by atomic mass is 35.5. The van der Waals surface area contributed by atoms with Crippen molar-refractivity contribution in [2.75, 3.05) is 34.3 Å². The molecule has 3 aromatic rings. The lowest BCUT2D eigenvalue weighted by Crippen LogP contribution is -2.67. The molecule has 182 valence electrons. The Kier molecular flexibility index (Phi) is 6.00. The maximum atomic E-state index is 13.6. The van der Waals surface area contributed by atoms with Gasteiger partial charge in [0.15, 0.2) is 5.79 Å². The minimum atomic E-state index is -1.15. The average molecular weight is 496 g/mol. The molecular weight excluding hydrogens is 469 g/mol. The average Bonchev–Trinajstić information content (AvgIpc) is 3.29. The number of likely N-dealkylation sites (N-methyl/N-ethyl adjacent to an activating group) is 1. The number of imidazole rings is 1. The van der Waals surface area contributed by atoms with Crippen molar-refractivity contribution in [2.45, 2.75) is 11.7 Å². The van der Waals surface area contributed by atoms with Crippen molar-refractivity contribution in [2.24, 2.45) is 10.7 Å². The molecule has 5 rings (SSSR count). The van der Waals surface area contributed by atoms with Gasteiger partial charge in [0.1, 0.15) is 28.9 Å². The predicted octanol–water partition coefficient (Wildman–Crippen LogP) is 2.95. The van der Waals surface area contributed by atoms with Crippen LogP contribution in [0.4, 0.5) is 4.39 Å². The van der Waals surface area contributed by atoms with E-state index in [0.29, 0.717) is 23.3 Å². The summed E-state index contributed by atoms with van der Waals surface area (Å²) in [6.07, 6.45) is 3.33. The molecular formula is C25H27ClFN7O.